The molecule has 0 saturated carbocycles. The molecule has 1 aromatic carbocycles. The Labute approximate surface area is 152 Å². The molecule has 3 aliphatic heterocycles. The minimum atomic E-state index is -4.81. The average molecular weight is 380 g/mol. The first kappa shape index (κ1) is 17.9. The van der Waals surface area contributed by atoms with Gasteiger partial charge < -0.3 is 9.84 Å². The number of imide groups is 1. The van der Waals surface area contributed by atoms with Crippen molar-refractivity contribution in [1.29, 1.82) is 5.26 Å². The number of hydrogen-bond donors (Lipinski definition) is 1. The SMILES string of the molecule is C[C@]12O[C@](C)(C[C@@H]1O)[C@H]1C(=O)N(c3ccc(C#N)c(C(F)(F)F)c3)C(=O)[C@@H]12. The van der Waals surface area contributed by atoms with Crippen molar-refractivity contribution in [2.24, 2.45) is 11.8 Å². The Hall–Kier alpha value is -2.44. The fourth-order valence-electron chi connectivity index (χ4n) is 4.78. The van der Waals surface area contributed by atoms with Crippen molar-refractivity contribution in [3.63, 3.8) is 0 Å². The smallest absolute Gasteiger partial charge is 0.390 e. The van der Waals surface area contributed by atoms with Crippen LogP contribution in [0.4, 0.5) is 18.9 Å². The van der Waals surface area contributed by atoms with Crippen LogP contribution in [0.15, 0.2) is 18.2 Å². The van der Waals surface area contributed by atoms with Crippen LogP contribution in [-0.2, 0) is 20.5 Å². The number of amides is 2. The van der Waals surface area contributed by atoms with Gasteiger partial charge in [0.1, 0.15) is 5.60 Å². The molecule has 27 heavy (non-hydrogen) atoms. The highest BCUT2D eigenvalue weighted by Crippen LogP contribution is 2.61. The monoisotopic (exact) mass is 380 g/mol. The number of ether oxygens (including phenoxy) is 1. The summed E-state index contributed by atoms with van der Waals surface area (Å²) in [5.41, 5.74) is -4.37. The Bertz CT molecular complexity index is 924. The molecule has 1 aromatic rings. The van der Waals surface area contributed by atoms with Gasteiger partial charge in [0.15, 0.2) is 0 Å². The minimum absolute atomic E-state index is 0.165. The van der Waals surface area contributed by atoms with Crippen LogP contribution in [0.1, 0.15) is 31.4 Å². The van der Waals surface area contributed by atoms with Gasteiger partial charge in [-0.15, -0.1) is 0 Å². The lowest BCUT2D eigenvalue weighted by Crippen LogP contribution is -2.49. The predicted octanol–water partition coefficient (Wildman–Crippen LogP) is 1.99. The molecule has 142 valence electrons. The Morgan fingerprint density at radius 1 is 1.26 bits per heavy atom. The van der Waals surface area contributed by atoms with E-state index in [-0.39, 0.29) is 12.1 Å². The minimum Gasteiger partial charge on any atom is -0.390 e. The summed E-state index contributed by atoms with van der Waals surface area (Å²) >= 11 is 0. The zero-order chi connectivity index (χ0) is 19.9. The zero-order valence-electron chi connectivity index (χ0n) is 14.4. The number of halogens is 3. The summed E-state index contributed by atoms with van der Waals surface area (Å²) in [6.07, 6.45) is -5.59. The van der Waals surface area contributed by atoms with Crippen molar-refractivity contribution in [3.8, 4) is 6.07 Å². The second-order valence-electron chi connectivity index (χ2n) is 7.63. The Morgan fingerprint density at radius 3 is 2.48 bits per heavy atom. The first-order valence-corrected chi connectivity index (χ1v) is 8.31. The van der Waals surface area contributed by atoms with Crippen LogP contribution >= 0.6 is 0 Å². The molecule has 0 unspecified atom stereocenters. The lowest BCUT2D eigenvalue weighted by Gasteiger charge is -2.31. The summed E-state index contributed by atoms with van der Waals surface area (Å²) in [5.74, 6) is -3.19. The van der Waals surface area contributed by atoms with Gasteiger partial charge in [-0.25, -0.2) is 4.90 Å². The van der Waals surface area contributed by atoms with Crippen LogP contribution in [0.3, 0.4) is 0 Å². The second kappa shape index (κ2) is 5.09. The molecule has 3 heterocycles. The van der Waals surface area contributed by atoms with Crippen LogP contribution in [0.2, 0.25) is 0 Å². The van der Waals surface area contributed by atoms with Crippen LogP contribution < -0.4 is 4.90 Å². The van der Waals surface area contributed by atoms with Gasteiger partial charge in [0, 0.05) is 6.42 Å². The van der Waals surface area contributed by atoms with Gasteiger partial charge in [-0.3, -0.25) is 9.59 Å². The van der Waals surface area contributed by atoms with E-state index in [0.29, 0.717) is 6.07 Å². The standard InChI is InChI=1S/C18H15F3N2O4/c1-16-6-11(24)17(2,27-16)13-12(16)14(25)23(15(13)26)9-4-3-8(7-22)10(5-9)18(19,20)21/h3-5,11-13,24H,6H2,1-2H3/t11-,12+,13+,16+,17-/m0/s1. The van der Waals surface area contributed by atoms with Crippen LogP contribution in [-0.4, -0.2) is 34.2 Å². The summed E-state index contributed by atoms with van der Waals surface area (Å²) in [7, 11) is 0. The van der Waals surface area contributed by atoms with Crippen LogP contribution in [0.5, 0.6) is 0 Å². The maximum atomic E-state index is 13.2. The number of benzene rings is 1. The fourth-order valence-corrected chi connectivity index (χ4v) is 4.78. The Kier molecular flexibility index (Phi) is 3.38. The van der Waals surface area contributed by atoms with E-state index in [9.17, 15) is 27.9 Å². The number of carbonyl (C=O) groups is 2. The third-order valence-electron chi connectivity index (χ3n) is 5.98. The molecule has 4 rings (SSSR count). The molecule has 0 aromatic heterocycles. The largest absolute Gasteiger partial charge is 0.417 e. The van der Waals surface area contributed by atoms with Crippen molar-refractivity contribution in [1.82, 2.24) is 0 Å². The molecule has 0 radical (unpaired) electrons. The summed E-state index contributed by atoms with van der Waals surface area (Å²) in [6.45, 7) is 3.17. The van der Waals surface area contributed by atoms with Crippen LogP contribution in [0.25, 0.3) is 0 Å². The van der Waals surface area contributed by atoms with E-state index in [1.165, 1.54) is 6.07 Å². The topological polar surface area (TPSA) is 90.6 Å². The van der Waals surface area contributed by atoms with E-state index in [4.69, 9.17) is 10.00 Å². The number of nitriles is 1. The summed E-state index contributed by atoms with van der Waals surface area (Å²) in [6, 6.07) is 4.19. The van der Waals surface area contributed by atoms with E-state index in [1.807, 2.05) is 0 Å². The maximum Gasteiger partial charge on any atom is 0.417 e. The van der Waals surface area contributed by atoms with E-state index in [2.05, 4.69) is 0 Å². The normalized spacial score (nSPS) is 37.7. The number of rotatable bonds is 1. The van der Waals surface area contributed by atoms with Crippen molar-refractivity contribution in [3.05, 3.63) is 29.3 Å². The number of nitrogens with zero attached hydrogens (tertiary/aromatic N) is 2. The third-order valence-corrected chi connectivity index (χ3v) is 5.98. The van der Waals surface area contributed by atoms with Crippen molar-refractivity contribution in [2.45, 2.75) is 43.8 Å². The number of fused-ring (bicyclic) bond motifs is 5. The predicted molar refractivity (Wildman–Crippen MR) is 84.2 cm³/mol. The van der Waals surface area contributed by atoms with Gasteiger partial charge >= 0.3 is 6.18 Å². The van der Waals surface area contributed by atoms with E-state index in [1.54, 1.807) is 13.8 Å². The van der Waals surface area contributed by atoms with Gasteiger partial charge in [0.25, 0.3) is 0 Å². The van der Waals surface area contributed by atoms with Crippen molar-refractivity contribution >= 4 is 17.5 Å². The number of carbonyl (C=O) groups excluding carboxylic acids is 2. The van der Waals surface area contributed by atoms with Gasteiger partial charge in [-0.2, -0.15) is 18.4 Å². The van der Waals surface area contributed by atoms with Crippen molar-refractivity contribution < 1.29 is 32.6 Å². The molecule has 6 nitrogen and oxygen atoms in total. The lowest BCUT2D eigenvalue weighted by molar-refractivity contribution is -0.138. The fraction of sp³-hybridized carbons (Fsp3) is 0.500. The number of aliphatic hydroxyl groups is 1. The highest BCUT2D eigenvalue weighted by molar-refractivity contribution is 6.23. The molecule has 2 amide bonds. The maximum absolute atomic E-state index is 13.2. The molecule has 0 spiro atoms. The van der Waals surface area contributed by atoms with Gasteiger partial charge in [0.2, 0.25) is 11.8 Å². The summed E-state index contributed by atoms with van der Waals surface area (Å²) in [4.78, 5) is 26.6. The molecule has 0 aliphatic carbocycles. The summed E-state index contributed by atoms with van der Waals surface area (Å²) in [5, 5.41) is 19.2. The highest BCUT2D eigenvalue weighted by atomic mass is 19.4. The molecule has 5 atom stereocenters. The molecule has 3 aliphatic rings. The molecule has 9 heteroatoms. The summed E-state index contributed by atoms with van der Waals surface area (Å²) < 4.78 is 45.6. The third kappa shape index (κ3) is 2.14. The number of alkyl halides is 3. The average Bonchev–Trinajstić information content (AvgIpc) is 3.07. The second-order valence-corrected chi connectivity index (χ2v) is 7.63. The van der Waals surface area contributed by atoms with Gasteiger partial charge in [-0.1, -0.05) is 0 Å². The number of anilines is 1. The van der Waals surface area contributed by atoms with Crippen molar-refractivity contribution in [2.75, 3.05) is 4.90 Å². The molecular weight excluding hydrogens is 365 g/mol. The molecule has 3 saturated heterocycles. The Balaban J connectivity index is 1.81. The quantitative estimate of drug-likeness (QED) is 0.753. The molecule has 3 fully saturated rings. The first-order chi connectivity index (χ1) is 12.4. The van der Waals surface area contributed by atoms with E-state index >= 15 is 0 Å². The highest BCUT2D eigenvalue weighted by Gasteiger charge is 2.75. The van der Waals surface area contributed by atoms with Crippen LogP contribution in [0, 0.1) is 23.2 Å². The first-order valence-electron chi connectivity index (χ1n) is 8.31. The molecule has 1 N–H and O–H groups in total. The molecular formula is C18H15F3N2O4. The van der Waals surface area contributed by atoms with Gasteiger partial charge in [0.05, 0.1) is 46.4 Å². The zero-order valence-corrected chi connectivity index (χ0v) is 14.4. The lowest BCUT2D eigenvalue weighted by atomic mass is 9.67. The Morgan fingerprint density at radius 2 is 1.89 bits per heavy atom. The van der Waals surface area contributed by atoms with Gasteiger partial charge in [-0.05, 0) is 32.0 Å². The number of aliphatic hydroxyl groups excluding tert-OH is 1. The van der Waals surface area contributed by atoms with E-state index < -0.39 is 58.3 Å². The number of hydrogen-bond acceptors (Lipinski definition) is 5. The molecule has 2 bridgehead atoms. The van der Waals surface area contributed by atoms with E-state index in [0.717, 1.165) is 17.0 Å².